The molecule has 2 aromatic carbocycles. The Kier molecular flexibility index (Phi) is 2.88. The fraction of sp³-hybridized carbons (Fsp3) is 0.0909. The first-order valence-corrected chi connectivity index (χ1v) is 3.93. The zero-order valence-electron chi connectivity index (χ0n) is 7.66. The Labute approximate surface area is 77.7 Å². The monoisotopic (exact) mass is 175 g/mol. The van der Waals surface area contributed by atoms with Crippen molar-refractivity contribution < 1.29 is 4.74 Å². The Morgan fingerprint density at radius 3 is 2.38 bits per heavy atom. The van der Waals surface area contributed by atoms with Crippen molar-refractivity contribution in [2.45, 2.75) is 0 Å². The summed E-state index contributed by atoms with van der Waals surface area (Å²) in [5.74, 6) is 0.938. The minimum Gasteiger partial charge on any atom is -0.496 e. The van der Waals surface area contributed by atoms with E-state index in [9.17, 15) is 0 Å². The maximum Gasteiger partial charge on any atom is 0.126 e. The van der Waals surface area contributed by atoms with Crippen LogP contribution in [0.15, 0.2) is 42.5 Å². The number of ether oxygens (including phenoxy) is 1. The molecule has 13 heavy (non-hydrogen) atoms. The molecule has 0 saturated heterocycles. The predicted molar refractivity (Wildman–Crippen MR) is 55.5 cm³/mol. The van der Waals surface area contributed by atoms with E-state index in [2.05, 4.69) is 18.2 Å². The van der Waals surface area contributed by atoms with E-state index in [-0.39, 0.29) is 6.15 Å². The molecule has 0 amide bonds. The molecule has 0 radical (unpaired) electrons. The van der Waals surface area contributed by atoms with Gasteiger partial charge in [-0.3, -0.25) is 0 Å². The van der Waals surface area contributed by atoms with E-state index < -0.39 is 0 Å². The molecule has 0 aromatic heterocycles. The number of benzene rings is 2. The van der Waals surface area contributed by atoms with E-state index in [0.29, 0.717) is 0 Å². The zero-order valence-corrected chi connectivity index (χ0v) is 7.66. The van der Waals surface area contributed by atoms with E-state index in [1.54, 1.807) is 7.11 Å². The van der Waals surface area contributed by atoms with Gasteiger partial charge in [-0.1, -0.05) is 36.4 Å². The summed E-state index contributed by atoms with van der Waals surface area (Å²) in [6, 6.07) is 14.2. The standard InChI is InChI=1S/C11H10O.H3N/c1-12-11-8-4-6-9-5-2-3-7-10(9)11;/h2-8H,1H3;1H3. The third-order valence-corrected chi connectivity index (χ3v) is 1.97. The summed E-state index contributed by atoms with van der Waals surface area (Å²) in [6.45, 7) is 0. The van der Waals surface area contributed by atoms with Crippen LogP contribution in [0.4, 0.5) is 0 Å². The van der Waals surface area contributed by atoms with Gasteiger partial charge in [0.1, 0.15) is 5.75 Å². The number of methoxy groups -OCH3 is 1. The fourth-order valence-electron chi connectivity index (χ4n) is 1.37. The van der Waals surface area contributed by atoms with Gasteiger partial charge in [0.2, 0.25) is 0 Å². The van der Waals surface area contributed by atoms with Gasteiger partial charge in [0.05, 0.1) is 7.11 Å². The van der Waals surface area contributed by atoms with Crippen LogP contribution in [0.2, 0.25) is 0 Å². The molecule has 0 aliphatic rings. The second-order valence-electron chi connectivity index (χ2n) is 2.68. The van der Waals surface area contributed by atoms with E-state index in [1.807, 2.05) is 24.3 Å². The van der Waals surface area contributed by atoms with Crippen LogP contribution >= 0.6 is 0 Å². The molecule has 0 spiro atoms. The molecule has 0 bridgehead atoms. The smallest absolute Gasteiger partial charge is 0.126 e. The summed E-state index contributed by atoms with van der Waals surface area (Å²) in [7, 11) is 1.70. The molecular formula is C11H13NO. The molecule has 2 nitrogen and oxygen atoms in total. The van der Waals surface area contributed by atoms with E-state index in [0.717, 1.165) is 5.75 Å². The molecule has 0 unspecified atom stereocenters. The van der Waals surface area contributed by atoms with Crippen LogP contribution < -0.4 is 10.9 Å². The number of hydrogen-bond donors (Lipinski definition) is 1. The third-order valence-electron chi connectivity index (χ3n) is 1.97. The van der Waals surface area contributed by atoms with Gasteiger partial charge in [0.25, 0.3) is 0 Å². The zero-order chi connectivity index (χ0) is 8.39. The van der Waals surface area contributed by atoms with E-state index in [1.165, 1.54) is 10.8 Å². The van der Waals surface area contributed by atoms with Crippen LogP contribution in [-0.2, 0) is 0 Å². The molecule has 2 heteroatoms. The minimum atomic E-state index is 0. The first-order valence-electron chi connectivity index (χ1n) is 3.93. The Bertz CT molecular complexity index is 393. The van der Waals surface area contributed by atoms with Crippen molar-refractivity contribution in [3.63, 3.8) is 0 Å². The molecule has 0 aliphatic carbocycles. The lowest BCUT2D eigenvalue weighted by molar-refractivity contribution is 0.420. The molecular weight excluding hydrogens is 162 g/mol. The highest BCUT2D eigenvalue weighted by atomic mass is 16.5. The predicted octanol–water partition coefficient (Wildman–Crippen LogP) is 3.01. The molecule has 0 saturated carbocycles. The summed E-state index contributed by atoms with van der Waals surface area (Å²) in [5, 5.41) is 2.39. The third kappa shape index (κ3) is 1.63. The van der Waals surface area contributed by atoms with Gasteiger partial charge in [0, 0.05) is 5.39 Å². The summed E-state index contributed by atoms with van der Waals surface area (Å²) < 4.78 is 5.23. The topological polar surface area (TPSA) is 44.2 Å². The molecule has 0 heterocycles. The number of fused-ring (bicyclic) bond motifs is 1. The van der Waals surface area contributed by atoms with Gasteiger partial charge < -0.3 is 10.9 Å². The van der Waals surface area contributed by atoms with Crippen molar-refractivity contribution in [2.75, 3.05) is 7.11 Å². The summed E-state index contributed by atoms with van der Waals surface area (Å²) >= 11 is 0. The average Bonchev–Trinajstić information content (AvgIpc) is 2.17. The van der Waals surface area contributed by atoms with Gasteiger partial charge in [-0.05, 0) is 11.5 Å². The maximum atomic E-state index is 5.23. The SMILES string of the molecule is COc1cccc2ccccc12.N. The largest absolute Gasteiger partial charge is 0.496 e. The van der Waals surface area contributed by atoms with Crippen molar-refractivity contribution in [3.05, 3.63) is 42.5 Å². The number of rotatable bonds is 1. The Morgan fingerprint density at radius 2 is 1.62 bits per heavy atom. The van der Waals surface area contributed by atoms with Crippen molar-refractivity contribution in [3.8, 4) is 5.75 Å². The highest BCUT2D eigenvalue weighted by molar-refractivity contribution is 5.88. The normalized spacial score (nSPS) is 9.31. The molecule has 2 aromatic rings. The molecule has 0 fully saturated rings. The lowest BCUT2D eigenvalue weighted by Gasteiger charge is -2.03. The Balaban J connectivity index is 0.000000845. The van der Waals surface area contributed by atoms with E-state index >= 15 is 0 Å². The van der Waals surface area contributed by atoms with Crippen LogP contribution in [0.3, 0.4) is 0 Å². The van der Waals surface area contributed by atoms with Crippen molar-refractivity contribution in [2.24, 2.45) is 0 Å². The van der Waals surface area contributed by atoms with Crippen LogP contribution in [-0.4, -0.2) is 7.11 Å². The van der Waals surface area contributed by atoms with Gasteiger partial charge in [0.15, 0.2) is 0 Å². The molecule has 0 atom stereocenters. The van der Waals surface area contributed by atoms with Crippen molar-refractivity contribution in [1.82, 2.24) is 6.15 Å². The number of hydrogen-bond acceptors (Lipinski definition) is 2. The highest BCUT2D eigenvalue weighted by Crippen LogP contribution is 2.24. The lowest BCUT2D eigenvalue weighted by Crippen LogP contribution is -1.83. The van der Waals surface area contributed by atoms with Crippen LogP contribution in [0.5, 0.6) is 5.75 Å². The van der Waals surface area contributed by atoms with Gasteiger partial charge in [-0.25, -0.2) is 0 Å². The van der Waals surface area contributed by atoms with Crippen LogP contribution in [0.1, 0.15) is 0 Å². The summed E-state index contributed by atoms with van der Waals surface area (Å²) in [4.78, 5) is 0. The fourth-order valence-corrected chi connectivity index (χ4v) is 1.37. The summed E-state index contributed by atoms with van der Waals surface area (Å²) in [6.07, 6.45) is 0. The lowest BCUT2D eigenvalue weighted by atomic mass is 10.1. The molecule has 68 valence electrons. The Hall–Kier alpha value is -1.54. The average molecular weight is 175 g/mol. The Morgan fingerprint density at radius 1 is 0.923 bits per heavy atom. The highest BCUT2D eigenvalue weighted by Gasteiger charge is 1.96. The minimum absolute atomic E-state index is 0. The maximum absolute atomic E-state index is 5.23. The molecule has 2 rings (SSSR count). The molecule has 0 aliphatic heterocycles. The van der Waals surface area contributed by atoms with Crippen molar-refractivity contribution >= 4 is 10.8 Å². The van der Waals surface area contributed by atoms with Crippen molar-refractivity contribution in [1.29, 1.82) is 0 Å². The summed E-state index contributed by atoms with van der Waals surface area (Å²) in [5.41, 5.74) is 0. The van der Waals surface area contributed by atoms with Crippen LogP contribution in [0, 0.1) is 0 Å². The van der Waals surface area contributed by atoms with Gasteiger partial charge in [-0.2, -0.15) is 0 Å². The second-order valence-corrected chi connectivity index (χ2v) is 2.68. The quantitative estimate of drug-likeness (QED) is 0.724. The second kappa shape index (κ2) is 3.92. The van der Waals surface area contributed by atoms with Gasteiger partial charge in [-0.15, -0.1) is 0 Å². The molecule has 3 N–H and O–H groups in total. The van der Waals surface area contributed by atoms with E-state index in [4.69, 9.17) is 4.74 Å². The first kappa shape index (κ1) is 9.55. The first-order chi connectivity index (χ1) is 5.92. The van der Waals surface area contributed by atoms with Gasteiger partial charge >= 0.3 is 0 Å². The van der Waals surface area contributed by atoms with Crippen LogP contribution in [0.25, 0.3) is 10.8 Å².